The highest BCUT2D eigenvalue weighted by Crippen LogP contribution is 2.12. The molecule has 1 rings (SSSR count). The fraction of sp³-hybridized carbons (Fsp3) is 1.00. The van der Waals surface area contributed by atoms with Gasteiger partial charge in [-0.15, -0.1) is 0 Å². The van der Waals surface area contributed by atoms with E-state index in [1.807, 2.05) is 4.31 Å². The number of nitrogens with zero attached hydrogens (tertiary/aromatic N) is 2. The molecule has 1 saturated heterocycles. The first-order valence-electron chi connectivity index (χ1n) is 4.37. The molecule has 0 aliphatic carbocycles. The van der Waals surface area contributed by atoms with Crippen molar-refractivity contribution >= 4 is 22.8 Å². The maximum absolute atomic E-state index is 11.7. The molecular formula is C7H16N2O2S2. The second-order valence-electron chi connectivity index (χ2n) is 3.45. The van der Waals surface area contributed by atoms with E-state index in [0.29, 0.717) is 26.2 Å². The van der Waals surface area contributed by atoms with Crippen molar-refractivity contribution in [3.63, 3.8) is 0 Å². The first kappa shape index (κ1) is 11.3. The number of sulfonamides is 1. The van der Waals surface area contributed by atoms with E-state index in [4.69, 9.17) is 0 Å². The predicted molar refractivity (Wildman–Crippen MR) is 56.2 cm³/mol. The summed E-state index contributed by atoms with van der Waals surface area (Å²) < 4.78 is 26.7. The Morgan fingerprint density at radius 3 is 2.00 bits per heavy atom. The van der Waals surface area contributed by atoms with E-state index in [-0.39, 0.29) is 5.25 Å². The van der Waals surface area contributed by atoms with Crippen molar-refractivity contribution in [1.29, 1.82) is 0 Å². The fourth-order valence-electron chi connectivity index (χ4n) is 1.23. The van der Waals surface area contributed by atoms with Gasteiger partial charge in [-0.3, -0.25) is 4.31 Å². The van der Waals surface area contributed by atoms with Crippen molar-refractivity contribution in [3.8, 4) is 0 Å². The average Bonchev–Trinajstić information content (AvgIpc) is 2.04. The summed E-state index contributed by atoms with van der Waals surface area (Å²) >= 11 is 4.16. The van der Waals surface area contributed by atoms with Gasteiger partial charge in [-0.2, -0.15) is 4.31 Å². The van der Waals surface area contributed by atoms with Crippen LogP contribution in [-0.2, 0) is 10.0 Å². The number of thiol groups is 1. The molecule has 0 unspecified atom stereocenters. The van der Waals surface area contributed by atoms with Gasteiger partial charge in [0, 0.05) is 26.2 Å². The maximum atomic E-state index is 11.7. The molecule has 0 aromatic heterocycles. The summed E-state index contributed by atoms with van der Waals surface area (Å²) in [6.45, 7) is 5.95. The molecule has 0 aromatic rings. The fourth-order valence-corrected chi connectivity index (χ4v) is 2.68. The Kier molecular flexibility index (Phi) is 3.62. The molecular weight excluding hydrogens is 208 g/mol. The average molecular weight is 224 g/mol. The molecule has 0 spiro atoms. The van der Waals surface area contributed by atoms with Crippen LogP contribution in [0.3, 0.4) is 0 Å². The zero-order valence-electron chi connectivity index (χ0n) is 7.97. The Hall–Kier alpha value is 0.220. The van der Waals surface area contributed by atoms with Crippen molar-refractivity contribution in [1.82, 2.24) is 8.61 Å². The van der Waals surface area contributed by atoms with Gasteiger partial charge in [0.05, 0.1) is 5.25 Å². The highest BCUT2D eigenvalue weighted by Gasteiger charge is 2.28. The van der Waals surface area contributed by atoms with Crippen LogP contribution in [0.1, 0.15) is 13.8 Å². The van der Waals surface area contributed by atoms with E-state index in [1.165, 1.54) is 0 Å². The second kappa shape index (κ2) is 4.16. The third kappa shape index (κ3) is 2.59. The summed E-state index contributed by atoms with van der Waals surface area (Å²) in [5, 5.41) is -0.320. The standard InChI is InChI=1S/C7H16N2O2S2/c1-7(2)13(10,11)9-5-3-8(12)4-6-9/h7,12H,3-6H2,1-2H3. The monoisotopic (exact) mass is 224 g/mol. The third-order valence-corrected chi connectivity index (χ3v) is 4.85. The van der Waals surface area contributed by atoms with Gasteiger partial charge in [0.25, 0.3) is 0 Å². The van der Waals surface area contributed by atoms with E-state index < -0.39 is 10.0 Å². The maximum Gasteiger partial charge on any atom is 0.216 e. The summed E-state index contributed by atoms with van der Waals surface area (Å²) in [5.41, 5.74) is 0. The SMILES string of the molecule is CC(C)S(=O)(=O)N1CCN(S)CC1. The molecule has 1 aliphatic rings. The van der Waals surface area contributed by atoms with Crippen LogP contribution in [0.15, 0.2) is 0 Å². The lowest BCUT2D eigenvalue weighted by molar-refractivity contribution is 0.289. The summed E-state index contributed by atoms with van der Waals surface area (Å²) in [6, 6.07) is 0. The van der Waals surface area contributed by atoms with E-state index in [2.05, 4.69) is 12.8 Å². The molecule has 0 N–H and O–H groups in total. The van der Waals surface area contributed by atoms with Gasteiger partial charge in [-0.25, -0.2) is 8.42 Å². The smallest absolute Gasteiger partial charge is 0.216 e. The lowest BCUT2D eigenvalue weighted by Gasteiger charge is -2.31. The predicted octanol–water partition coefficient (Wildman–Crippen LogP) is 0.187. The first-order valence-corrected chi connectivity index (χ1v) is 6.27. The van der Waals surface area contributed by atoms with Crippen molar-refractivity contribution in [2.45, 2.75) is 19.1 Å². The van der Waals surface area contributed by atoms with Gasteiger partial charge in [0.1, 0.15) is 0 Å². The van der Waals surface area contributed by atoms with Crippen molar-refractivity contribution < 1.29 is 8.42 Å². The van der Waals surface area contributed by atoms with Crippen LogP contribution < -0.4 is 0 Å². The zero-order valence-corrected chi connectivity index (χ0v) is 9.68. The van der Waals surface area contributed by atoms with Crippen LogP contribution in [0.4, 0.5) is 0 Å². The zero-order chi connectivity index (χ0) is 10.1. The Labute approximate surface area is 85.5 Å². The number of rotatable bonds is 2. The van der Waals surface area contributed by atoms with Gasteiger partial charge in [-0.05, 0) is 13.8 Å². The number of hydrogen-bond donors (Lipinski definition) is 1. The van der Waals surface area contributed by atoms with E-state index in [0.717, 1.165) is 0 Å². The van der Waals surface area contributed by atoms with Gasteiger partial charge in [-0.1, -0.05) is 12.8 Å². The lowest BCUT2D eigenvalue weighted by atomic mass is 10.4. The molecule has 1 aliphatic heterocycles. The molecule has 0 bridgehead atoms. The van der Waals surface area contributed by atoms with Crippen LogP contribution >= 0.6 is 12.8 Å². The molecule has 0 atom stereocenters. The van der Waals surface area contributed by atoms with Crippen LogP contribution in [0.2, 0.25) is 0 Å². The third-order valence-electron chi connectivity index (χ3n) is 2.17. The normalized spacial score (nSPS) is 22.5. The number of piperazine rings is 1. The molecule has 6 heteroatoms. The minimum atomic E-state index is -3.05. The lowest BCUT2D eigenvalue weighted by Crippen LogP contribution is -2.47. The highest BCUT2D eigenvalue weighted by molar-refractivity contribution is 7.89. The van der Waals surface area contributed by atoms with Crippen molar-refractivity contribution in [2.24, 2.45) is 0 Å². The van der Waals surface area contributed by atoms with Gasteiger partial charge in [0.2, 0.25) is 10.0 Å². The molecule has 0 saturated carbocycles. The minimum absolute atomic E-state index is 0.320. The molecule has 0 amide bonds. The van der Waals surface area contributed by atoms with Crippen molar-refractivity contribution in [3.05, 3.63) is 0 Å². The number of hydrogen-bond acceptors (Lipinski definition) is 4. The topological polar surface area (TPSA) is 40.6 Å². The van der Waals surface area contributed by atoms with Gasteiger partial charge in [0.15, 0.2) is 0 Å². The van der Waals surface area contributed by atoms with E-state index in [9.17, 15) is 8.42 Å². The summed E-state index contributed by atoms with van der Waals surface area (Å²) in [5.74, 6) is 0. The van der Waals surface area contributed by atoms with E-state index >= 15 is 0 Å². The Balaban J connectivity index is 2.64. The summed E-state index contributed by atoms with van der Waals surface area (Å²) in [4.78, 5) is 0. The highest BCUT2D eigenvalue weighted by atomic mass is 32.2. The molecule has 0 radical (unpaired) electrons. The molecule has 1 fully saturated rings. The Morgan fingerprint density at radius 2 is 1.62 bits per heavy atom. The van der Waals surface area contributed by atoms with Crippen LogP contribution in [0.25, 0.3) is 0 Å². The minimum Gasteiger partial charge on any atom is -0.251 e. The summed E-state index contributed by atoms with van der Waals surface area (Å²) in [7, 11) is -3.05. The largest absolute Gasteiger partial charge is 0.251 e. The van der Waals surface area contributed by atoms with Crippen molar-refractivity contribution in [2.75, 3.05) is 26.2 Å². The molecule has 78 valence electrons. The molecule has 13 heavy (non-hydrogen) atoms. The quantitative estimate of drug-likeness (QED) is 0.681. The second-order valence-corrected chi connectivity index (χ2v) is 6.50. The summed E-state index contributed by atoms with van der Waals surface area (Å²) in [6.07, 6.45) is 0. The van der Waals surface area contributed by atoms with E-state index in [1.54, 1.807) is 18.2 Å². The molecule has 4 nitrogen and oxygen atoms in total. The molecule has 0 aromatic carbocycles. The Morgan fingerprint density at radius 1 is 1.15 bits per heavy atom. The van der Waals surface area contributed by atoms with Crippen LogP contribution in [0.5, 0.6) is 0 Å². The van der Waals surface area contributed by atoms with Gasteiger partial charge >= 0.3 is 0 Å². The van der Waals surface area contributed by atoms with Crippen LogP contribution in [0, 0.1) is 0 Å². The van der Waals surface area contributed by atoms with Crippen LogP contribution in [-0.4, -0.2) is 48.5 Å². The Bertz CT molecular complexity index is 256. The molecule has 1 heterocycles. The van der Waals surface area contributed by atoms with Gasteiger partial charge < -0.3 is 0 Å². The first-order chi connectivity index (χ1) is 5.94.